The first kappa shape index (κ1) is 8.48. The lowest BCUT2D eigenvalue weighted by molar-refractivity contribution is -0.318. The Morgan fingerprint density at radius 1 is 1.23 bits per heavy atom. The second-order valence-electron chi connectivity index (χ2n) is 3.12. The minimum absolute atomic E-state index is 0.0325. The molecule has 1 aliphatic heterocycles. The van der Waals surface area contributed by atoms with E-state index in [4.69, 9.17) is 9.78 Å². The summed E-state index contributed by atoms with van der Waals surface area (Å²) in [7, 11) is 0. The van der Waals surface area contributed by atoms with Crippen LogP contribution >= 0.6 is 0 Å². The average Bonchev–Trinajstić information content (AvgIpc) is 2.20. The van der Waals surface area contributed by atoms with Crippen LogP contribution in [0.3, 0.4) is 0 Å². The molecule has 0 radical (unpaired) electrons. The molecule has 0 saturated heterocycles. The summed E-state index contributed by atoms with van der Waals surface area (Å²) in [5.41, 5.74) is 2.34. The molecule has 0 amide bonds. The van der Waals surface area contributed by atoms with Crippen LogP contribution in [0, 0.1) is 0 Å². The normalized spacial score (nSPS) is 22.5. The van der Waals surface area contributed by atoms with Crippen LogP contribution in [-0.4, -0.2) is 6.61 Å². The van der Waals surface area contributed by atoms with Crippen LogP contribution in [0.4, 0.5) is 0 Å². The van der Waals surface area contributed by atoms with Gasteiger partial charge in [-0.05, 0) is 18.1 Å². The summed E-state index contributed by atoms with van der Waals surface area (Å²) in [6.45, 7) is 2.61. The van der Waals surface area contributed by atoms with Crippen molar-refractivity contribution in [2.45, 2.75) is 13.0 Å². The van der Waals surface area contributed by atoms with Crippen LogP contribution in [0.5, 0.6) is 0 Å². The molecule has 0 bridgehead atoms. The molecule has 0 spiro atoms. The van der Waals surface area contributed by atoms with Gasteiger partial charge in [0.15, 0.2) is 0 Å². The van der Waals surface area contributed by atoms with E-state index in [0.717, 1.165) is 5.56 Å². The van der Waals surface area contributed by atoms with Gasteiger partial charge in [-0.25, -0.2) is 9.78 Å². The molecule has 1 aliphatic rings. The lowest BCUT2D eigenvalue weighted by atomic mass is 10.0. The smallest absolute Gasteiger partial charge is 0.139 e. The zero-order chi connectivity index (χ0) is 9.10. The van der Waals surface area contributed by atoms with E-state index >= 15 is 0 Å². The lowest BCUT2D eigenvalue weighted by Gasteiger charge is -2.21. The van der Waals surface area contributed by atoms with Crippen molar-refractivity contribution in [3.63, 3.8) is 0 Å². The van der Waals surface area contributed by atoms with E-state index in [1.165, 1.54) is 5.57 Å². The van der Waals surface area contributed by atoms with Gasteiger partial charge in [-0.15, -0.1) is 0 Å². The third kappa shape index (κ3) is 1.79. The molecule has 2 heteroatoms. The Hall–Kier alpha value is -1.12. The first-order valence-corrected chi connectivity index (χ1v) is 4.38. The highest BCUT2D eigenvalue weighted by atomic mass is 17.2. The Kier molecular flexibility index (Phi) is 2.43. The SMILES string of the molecule is CC1=CCOO[C@H]1c1ccccc1. The van der Waals surface area contributed by atoms with Gasteiger partial charge < -0.3 is 0 Å². The van der Waals surface area contributed by atoms with Crippen molar-refractivity contribution in [2.75, 3.05) is 6.61 Å². The summed E-state index contributed by atoms with van der Waals surface area (Å²) in [4.78, 5) is 10.1. The molecule has 68 valence electrons. The summed E-state index contributed by atoms with van der Waals surface area (Å²) in [5.74, 6) is 0. The van der Waals surface area contributed by atoms with Crippen molar-refractivity contribution in [3.05, 3.63) is 47.5 Å². The lowest BCUT2D eigenvalue weighted by Crippen LogP contribution is -2.12. The zero-order valence-electron chi connectivity index (χ0n) is 7.57. The van der Waals surface area contributed by atoms with Gasteiger partial charge in [-0.1, -0.05) is 36.4 Å². The van der Waals surface area contributed by atoms with Crippen molar-refractivity contribution in [2.24, 2.45) is 0 Å². The molecule has 2 nitrogen and oxygen atoms in total. The van der Waals surface area contributed by atoms with Crippen molar-refractivity contribution >= 4 is 0 Å². The highest BCUT2D eigenvalue weighted by molar-refractivity contribution is 5.25. The standard InChI is InChI=1S/C11H12O2/c1-9-7-8-12-13-11(9)10-5-3-2-4-6-10/h2-7,11H,8H2,1H3/t11-/m1/s1. The van der Waals surface area contributed by atoms with Crippen LogP contribution in [0.25, 0.3) is 0 Å². The molecule has 0 aliphatic carbocycles. The van der Waals surface area contributed by atoms with Gasteiger partial charge in [0.1, 0.15) is 12.7 Å². The van der Waals surface area contributed by atoms with E-state index in [2.05, 4.69) is 6.92 Å². The van der Waals surface area contributed by atoms with E-state index < -0.39 is 0 Å². The summed E-state index contributed by atoms with van der Waals surface area (Å²) in [6.07, 6.45) is 2.01. The number of hydrogen-bond donors (Lipinski definition) is 0. The fourth-order valence-electron chi connectivity index (χ4n) is 1.40. The Morgan fingerprint density at radius 3 is 2.69 bits per heavy atom. The molecule has 1 heterocycles. The maximum atomic E-state index is 5.21. The van der Waals surface area contributed by atoms with E-state index in [1.807, 2.05) is 36.4 Å². The zero-order valence-corrected chi connectivity index (χ0v) is 7.57. The predicted molar refractivity (Wildman–Crippen MR) is 50.0 cm³/mol. The molecule has 0 aromatic heterocycles. The molecule has 13 heavy (non-hydrogen) atoms. The summed E-state index contributed by atoms with van der Waals surface area (Å²) in [5, 5.41) is 0. The number of benzene rings is 1. The molecule has 2 rings (SSSR count). The van der Waals surface area contributed by atoms with Gasteiger partial charge in [0.05, 0.1) is 0 Å². The second-order valence-corrected chi connectivity index (χ2v) is 3.12. The van der Waals surface area contributed by atoms with Crippen molar-refractivity contribution in [1.82, 2.24) is 0 Å². The molecule has 1 aromatic carbocycles. The van der Waals surface area contributed by atoms with Gasteiger partial charge in [0.2, 0.25) is 0 Å². The van der Waals surface area contributed by atoms with Crippen LogP contribution in [0.2, 0.25) is 0 Å². The van der Waals surface area contributed by atoms with Crippen LogP contribution in [0.15, 0.2) is 42.0 Å². The van der Waals surface area contributed by atoms with Gasteiger partial charge >= 0.3 is 0 Å². The van der Waals surface area contributed by atoms with Crippen molar-refractivity contribution < 1.29 is 9.78 Å². The Morgan fingerprint density at radius 2 is 2.00 bits per heavy atom. The second kappa shape index (κ2) is 3.73. The maximum absolute atomic E-state index is 5.21. The quantitative estimate of drug-likeness (QED) is 0.483. The minimum Gasteiger partial charge on any atom is -0.232 e. The molecule has 0 unspecified atom stereocenters. The largest absolute Gasteiger partial charge is 0.232 e. The van der Waals surface area contributed by atoms with Crippen LogP contribution < -0.4 is 0 Å². The van der Waals surface area contributed by atoms with Gasteiger partial charge in [-0.3, -0.25) is 0 Å². The fraction of sp³-hybridized carbons (Fsp3) is 0.273. The predicted octanol–water partition coefficient (Wildman–Crippen LogP) is 2.64. The molecular formula is C11H12O2. The van der Waals surface area contributed by atoms with Crippen molar-refractivity contribution in [1.29, 1.82) is 0 Å². The molecule has 1 aromatic rings. The van der Waals surface area contributed by atoms with Crippen LogP contribution in [0.1, 0.15) is 18.6 Å². The third-order valence-electron chi connectivity index (χ3n) is 2.15. The Balaban J connectivity index is 2.26. The monoisotopic (exact) mass is 176 g/mol. The van der Waals surface area contributed by atoms with Crippen molar-refractivity contribution in [3.8, 4) is 0 Å². The number of rotatable bonds is 1. The van der Waals surface area contributed by atoms with Gasteiger partial charge in [0, 0.05) is 0 Å². The molecule has 0 N–H and O–H groups in total. The maximum Gasteiger partial charge on any atom is 0.139 e. The topological polar surface area (TPSA) is 18.5 Å². The molecule has 0 saturated carbocycles. The first-order chi connectivity index (χ1) is 6.38. The van der Waals surface area contributed by atoms with Crippen LogP contribution in [-0.2, 0) is 9.78 Å². The van der Waals surface area contributed by atoms with E-state index in [0.29, 0.717) is 6.61 Å². The molecule has 0 fully saturated rings. The average molecular weight is 176 g/mol. The molecule has 1 atom stereocenters. The summed E-state index contributed by atoms with van der Waals surface area (Å²) >= 11 is 0. The Labute approximate surface area is 77.7 Å². The fourth-order valence-corrected chi connectivity index (χ4v) is 1.40. The van der Waals surface area contributed by atoms with E-state index in [-0.39, 0.29) is 6.10 Å². The minimum atomic E-state index is -0.0325. The highest BCUT2D eigenvalue weighted by Gasteiger charge is 2.17. The highest BCUT2D eigenvalue weighted by Crippen LogP contribution is 2.27. The number of hydrogen-bond acceptors (Lipinski definition) is 2. The molecular weight excluding hydrogens is 164 g/mol. The van der Waals surface area contributed by atoms with E-state index in [1.54, 1.807) is 0 Å². The summed E-state index contributed by atoms with van der Waals surface area (Å²) < 4.78 is 0. The van der Waals surface area contributed by atoms with E-state index in [9.17, 15) is 0 Å². The first-order valence-electron chi connectivity index (χ1n) is 4.38. The van der Waals surface area contributed by atoms with Gasteiger partial charge in [-0.2, -0.15) is 0 Å². The van der Waals surface area contributed by atoms with Gasteiger partial charge in [0.25, 0.3) is 0 Å². The summed E-state index contributed by atoms with van der Waals surface area (Å²) in [6, 6.07) is 10.1. The Bertz CT molecular complexity index is 303. The third-order valence-corrected chi connectivity index (χ3v) is 2.15.